The van der Waals surface area contributed by atoms with Crippen molar-refractivity contribution in [3.63, 3.8) is 0 Å². The number of aryl methyl sites for hydroxylation is 2. The van der Waals surface area contributed by atoms with Crippen molar-refractivity contribution >= 4 is 11.6 Å². The van der Waals surface area contributed by atoms with Gasteiger partial charge in [0.1, 0.15) is 12.7 Å². The van der Waals surface area contributed by atoms with Gasteiger partial charge < -0.3 is 19.3 Å². The molecule has 1 unspecified atom stereocenters. The van der Waals surface area contributed by atoms with Gasteiger partial charge in [0.2, 0.25) is 5.90 Å². The molecule has 1 saturated heterocycles. The van der Waals surface area contributed by atoms with Crippen molar-refractivity contribution < 1.29 is 19.3 Å². The average Bonchev–Trinajstić information content (AvgIpc) is 2.80. The Bertz CT molecular complexity index is 874. The number of para-hydroxylation sites is 3. The molecule has 0 aromatic heterocycles. The van der Waals surface area contributed by atoms with E-state index in [-0.39, 0.29) is 6.61 Å². The predicted molar refractivity (Wildman–Crippen MR) is 127 cm³/mol. The number of β-amino-alcohol motifs (C(OH)–C–C–N with tert-alkyl or cyclic N) is 1. The van der Waals surface area contributed by atoms with Crippen LogP contribution in [0.5, 0.6) is 11.5 Å². The Balaban J connectivity index is 1.45. The molecule has 1 heterocycles. The molecule has 0 bridgehead atoms. The second kappa shape index (κ2) is 11.9. The first-order valence-electron chi connectivity index (χ1n) is 11.1. The Morgan fingerprint density at radius 1 is 0.938 bits per heavy atom. The SMILES string of the molecule is COC(CN1CCN(CC(O)COc2ccccc2OC)CC1)=Nc1c(C)cccc1C. The van der Waals surface area contributed by atoms with Crippen LogP contribution in [0.3, 0.4) is 0 Å². The molecule has 0 saturated carbocycles. The first-order chi connectivity index (χ1) is 15.5. The highest BCUT2D eigenvalue weighted by Gasteiger charge is 2.21. The molecule has 2 aromatic rings. The lowest BCUT2D eigenvalue weighted by Crippen LogP contribution is -2.50. The van der Waals surface area contributed by atoms with Crippen LogP contribution in [0.15, 0.2) is 47.5 Å². The minimum absolute atomic E-state index is 0.233. The summed E-state index contributed by atoms with van der Waals surface area (Å²) in [5, 5.41) is 10.4. The van der Waals surface area contributed by atoms with Crippen LogP contribution in [0.25, 0.3) is 0 Å². The molecular weight excluding hydrogens is 406 g/mol. The van der Waals surface area contributed by atoms with Gasteiger partial charge in [0.25, 0.3) is 0 Å². The Kier molecular flexibility index (Phi) is 8.90. The zero-order chi connectivity index (χ0) is 22.9. The van der Waals surface area contributed by atoms with E-state index in [1.54, 1.807) is 14.2 Å². The van der Waals surface area contributed by atoms with Crippen molar-refractivity contribution in [1.29, 1.82) is 0 Å². The van der Waals surface area contributed by atoms with Gasteiger partial charge in [-0.25, -0.2) is 4.99 Å². The highest BCUT2D eigenvalue weighted by Crippen LogP contribution is 2.26. The summed E-state index contributed by atoms with van der Waals surface area (Å²) in [5.74, 6) is 2.04. The molecule has 7 heteroatoms. The van der Waals surface area contributed by atoms with Crippen LogP contribution >= 0.6 is 0 Å². The van der Waals surface area contributed by atoms with Crippen molar-refractivity contribution in [1.82, 2.24) is 9.80 Å². The molecule has 3 rings (SSSR count). The third-order valence-electron chi connectivity index (χ3n) is 5.70. The van der Waals surface area contributed by atoms with Crippen LogP contribution in [-0.4, -0.2) is 87.0 Å². The molecular formula is C25H35N3O4. The van der Waals surface area contributed by atoms with Crippen molar-refractivity contribution in [2.24, 2.45) is 4.99 Å². The van der Waals surface area contributed by atoms with Gasteiger partial charge in [-0.1, -0.05) is 30.3 Å². The van der Waals surface area contributed by atoms with Crippen LogP contribution in [0.4, 0.5) is 5.69 Å². The lowest BCUT2D eigenvalue weighted by molar-refractivity contribution is 0.0474. The molecule has 1 aliphatic rings. The van der Waals surface area contributed by atoms with Gasteiger partial charge in [-0.3, -0.25) is 9.80 Å². The molecule has 7 nitrogen and oxygen atoms in total. The van der Waals surface area contributed by atoms with Gasteiger partial charge in [0.05, 0.1) is 26.5 Å². The molecule has 1 atom stereocenters. The van der Waals surface area contributed by atoms with Gasteiger partial charge in [-0.05, 0) is 37.1 Å². The number of piperazine rings is 1. The fraction of sp³-hybridized carbons (Fsp3) is 0.480. The number of hydrogen-bond acceptors (Lipinski definition) is 7. The van der Waals surface area contributed by atoms with Gasteiger partial charge in [-0.2, -0.15) is 0 Å². The highest BCUT2D eigenvalue weighted by molar-refractivity contribution is 5.82. The van der Waals surface area contributed by atoms with Gasteiger partial charge in [0.15, 0.2) is 11.5 Å². The minimum atomic E-state index is -0.563. The van der Waals surface area contributed by atoms with Crippen LogP contribution < -0.4 is 9.47 Å². The van der Waals surface area contributed by atoms with Gasteiger partial charge in [0, 0.05) is 32.7 Å². The summed E-state index contributed by atoms with van der Waals surface area (Å²) in [4.78, 5) is 9.38. The Morgan fingerprint density at radius 3 is 2.19 bits per heavy atom. The van der Waals surface area contributed by atoms with E-state index in [9.17, 15) is 5.11 Å². The molecule has 174 valence electrons. The maximum Gasteiger partial charge on any atom is 0.202 e. The normalized spacial score (nSPS) is 16.6. The summed E-state index contributed by atoms with van der Waals surface area (Å²) in [6.07, 6.45) is -0.563. The number of hydrogen-bond donors (Lipinski definition) is 1. The van der Waals surface area contributed by atoms with Gasteiger partial charge in [-0.15, -0.1) is 0 Å². The van der Waals surface area contributed by atoms with Crippen molar-refractivity contribution in [3.05, 3.63) is 53.6 Å². The lowest BCUT2D eigenvalue weighted by Gasteiger charge is -2.35. The number of benzene rings is 2. The quantitative estimate of drug-likeness (QED) is 0.477. The van der Waals surface area contributed by atoms with Gasteiger partial charge >= 0.3 is 0 Å². The van der Waals surface area contributed by atoms with E-state index < -0.39 is 6.10 Å². The Hall–Kier alpha value is -2.61. The first-order valence-corrected chi connectivity index (χ1v) is 11.1. The van der Waals surface area contributed by atoms with E-state index in [1.165, 1.54) is 0 Å². The summed E-state index contributed by atoms with van der Waals surface area (Å²) in [5.41, 5.74) is 3.28. The molecule has 1 aliphatic heterocycles. The Morgan fingerprint density at radius 2 is 1.56 bits per heavy atom. The zero-order valence-electron chi connectivity index (χ0n) is 19.6. The van der Waals surface area contributed by atoms with Crippen molar-refractivity contribution in [2.45, 2.75) is 20.0 Å². The zero-order valence-corrected chi connectivity index (χ0v) is 19.6. The molecule has 1 N–H and O–H groups in total. The fourth-order valence-electron chi connectivity index (χ4n) is 3.85. The standard InChI is InChI=1S/C25H35N3O4/c1-19-8-7-9-20(2)25(19)26-24(31-4)17-28-14-12-27(13-15-28)16-21(29)18-32-23-11-6-5-10-22(23)30-3/h5-11,21,29H,12-18H2,1-4H3. The maximum absolute atomic E-state index is 10.4. The number of nitrogens with zero attached hydrogens (tertiary/aromatic N) is 3. The number of aliphatic hydroxyl groups is 1. The molecule has 0 spiro atoms. The lowest BCUT2D eigenvalue weighted by atomic mass is 10.1. The smallest absolute Gasteiger partial charge is 0.202 e. The van der Waals surface area contributed by atoms with Crippen LogP contribution in [0.1, 0.15) is 11.1 Å². The summed E-state index contributed by atoms with van der Waals surface area (Å²) >= 11 is 0. The second-order valence-electron chi connectivity index (χ2n) is 8.14. The summed E-state index contributed by atoms with van der Waals surface area (Å²) in [6, 6.07) is 13.7. The number of ether oxygens (including phenoxy) is 3. The third-order valence-corrected chi connectivity index (χ3v) is 5.70. The molecule has 0 aliphatic carbocycles. The first kappa shape index (κ1) is 24.0. The molecule has 1 fully saturated rings. The largest absolute Gasteiger partial charge is 0.493 e. The maximum atomic E-state index is 10.4. The molecule has 2 aromatic carbocycles. The third kappa shape index (κ3) is 6.69. The van der Waals surface area contributed by atoms with E-state index in [2.05, 4.69) is 35.8 Å². The molecule has 0 amide bonds. The number of methoxy groups -OCH3 is 2. The number of rotatable bonds is 9. The molecule has 32 heavy (non-hydrogen) atoms. The summed E-state index contributed by atoms with van der Waals surface area (Å²) in [7, 11) is 3.29. The number of aliphatic imine (C=N–C) groups is 1. The van der Waals surface area contributed by atoms with Crippen LogP contribution in [-0.2, 0) is 4.74 Å². The predicted octanol–water partition coefficient (Wildman–Crippen LogP) is 3.05. The summed E-state index contributed by atoms with van der Waals surface area (Å²) in [6.45, 7) is 9.19. The monoisotopic (exact) mass is 441 g/mol. The van der Waals surface area contributed by atoms with E-state index >= 15 is 0 Å². The van der Waals surface area contributed by atoms with E-state index in [1.807, 2.05) is 30.3 Å². The summed E-state index contributed by atoms with van der Waals surface area (Å²) < 4.78 is 16.6. The average molecular weight is 442 g/mol. The van der Waals surface area contributed by atoms with Crippen molar-refractivity contribution in [2.75, 3.05) is 60.1 Å². The van der Waals surface area contributed by atoms with E-state index in [4.69, 9.17) is 19.2 Å². The van der Waals surface area contributed by atoms with E-state index in [0.717, 1.165) is 48.9 Å². The molecule has 0 radical (unpaired) electrons. The van der Waals surface area contributed by atoms with Crippen LogP contribution in [0, 0.1) is 13.8 Å². The second-order valence-corrected chi connectivity index (χ2v) is 8.14. The fourth-order valence-corrected chi connectivity index (χ4v) is 3.85. The highest BCUT2D eigenvalue weighted by atomic mass is 16.5. The topological polar surface area (TPSA) is 66.8 Å². The number of aliphatic hydroxyl groups excluding tert-OH is 1. The Labute approximate surface area is 191 Å². The van der Waals surface area contributed by atoms with Crippen LogP contribution in [0.2, 0.25) is 0 Å². The van der Waals surface area contributed by atoms with E-state index in [0.29, 0.717) is 24.6 Å². The van der Waals surface area contributed by atoms with Crippen molar-refractivity contribution in [3.8, 4) is 11.5 Å². The minimum Gasteiger partial charge on any atom is -0.493 e.